The minimum atomic E-state index is 0.00197. The Balaban J connectivity index is 1.97. The lowest BCUT2D eigenvalue weighted by atomic mass is 10.0. The van der Waals surface area contributed by atoms with Crippen LogP contribution in [0.3, 0.4) is 0 Å². The molecular weight excluding hydrogens is 314 g/mol. The Morgan fingerprint density at radius 1 is 1.32 bits per heavy atom. The highest BCUT2D eigenvalue weighted by Crippen LogP contribution is 2.20. The average Bonchev–Trinajstić information content (AvgIpc) is 2.60. The third kappa shape index (κ3) is 5.96. The summed E-state index contributed by atoms with van der Waals surface area (Å²) >= 11 is 0. The van der Waals surface area contributed by atoms with E-state index in [9.17, 15) is 4.79 Å². The number of aliphatic imine (C=N–C) groups is 1. The number of benzene rings is 1. The maximum absolute atomic E-state index is 11.8. The fourth-order valence-electron chi connectivity index (χ4n) is 2.89. The SMILES string of the molecule is CCNC(=NCC(=O)N(C)C)NC1CCCN(c2ccc(C)cc2)C1. The Morgan fingerprint density at radius 3 is 2.68 bits per heavy atom. The van der Waals surface area contributed by atoms with E-state index in [-0.39, 0.29) is 12.5 Å². The van der Waals surface area contributed by atoms with E-state index in [0.29, 0.717) is 12.0 Å². The van der Waals surface area contributed by atoms with Crippen molar-refractivity contribution in [3.8, 4) is 0 Å². The predicted octanol–water partition coefficient (Wildman–Crippen LogP) is 1.61. The first-order valence-corrected chi connectivity index (χ1v) is 9.06. The van der Waals surface area contributed by atoms with Gasteiger partial charge >= 0.3 is 0 Å². The highest BCUT2D eigenvalue weighted by atomic mass is 16.2. The summed E-state index contributed by atoms with van der Waals surface area (Å²) in [5, 5.41) is 6.72. The molecule has 1 atom stereocenters. The minimum absolute atomic E-state index is 0.00197. The van der Waals surface area contributed by atoms with Gasteiger partial charge in [0.1, 0.15) is 6.54 Å². The molecule has 0 aliphatic carbocycles. The van der Waals surface area contributed by atoms with E-state index < -0.39 is 0 Å². The van der Waals surface area contributed by atoms with Crippen LogP contribution in [-0.2, 0) is 4.79 Å². The van der Waals surface area contributed by atoms with Crippen LogP contribution >= 0.6 is 0 Å². The van der Waals surface area contributed by atoms with Gasteiger partial charge in [0, 0.05) is 45.5 Å². The lowest BCUT2D eigenvalue weighted by Gasteiger charge is -2.35. The molecule has 1 aromatic rings. The van der Waals surface area contributed by atoms with Gasteiger partial charge in [-0.15, -0.1) is 0 Å². The van der Waals surface area contributed by atoms with E-state index in [1.807, 2.05) is 6.92 Å². The van der Waals surface area contributed by atoms with Crippen molar-refractivity contribution in [3.05, 3.63) is 29.8 Å². The van der Waals surface area contributed by atoms with Crippen LogP contribution in [0.15, 0.2) is 29.3 Å². The summed E-state index contributed by atoms with van der Waals surface area (Å²) in [6.45, 7) is 7.10. The van der Waals surface area contributed by atoms with Gasteiger partial charge in [0.15, 0.2) is 5.96 Å². The van der Waals surface area contributed by atoms with Crippen molar-refractivity contribution in [2.45, 2.75) is 32.7 Å². The predicted molar refractivity (Wildman–Crippen MR) is 104 cm³/mol. The van der Waals surface area contributed by atoms with Crippen molar-refractivity contribution >= 4 is 17.6 Å². The van der Waals surface area contributed by atoms with Crippen LogP contribution in [0.25, 0.3) is 0 Å². The van der Waals surface area contributed by atoms with Crippen LogP contribution in [0.5, 0.6) is 0 Å². The maximum atomic E-state index is 11.8. The summed E-state index contributed by atoms with van der Waals surface area (Å²) < 4.78 is 0. The number of hydrogen-bond donors (Lipinski definition) is 2. The lowest BCUT2D eigenvalue weighted by Crippen LogP contribution is -2.51. The zero-order valence-electron chi connectivity index (χ0n) is 15.9. The maximum Gasteiger partial charge on any atom is 0.243 e. The smallest absolute Gasteiger partial charge is 0.243 e. The molecule has 1 aliphatic heterocycles. The number of carbonyl (C=O) groups excluding carboxylic acids is 1. The molecule has 138 valence electrons. The average molecular weight is 345 g/mol. The topological polar surface area (TPSA) is 60.0 Å². The quantitative estimate of drug-likeness (QED) is 0.629. The Bertz CT molecular complexity index is 582. The van der Waals surface area contributed by atoms with Crippen molar-refractivity contribution in [1.82, 2.24) is 15.5 Å². The fraction of sp³-hybridized carbons (Fsp3) is 0.579. The summed E-state index contributed by atoms with van der Waals surface area (Å²) in [5.41, 5.74) is 2.55. The molecule has 0 aromatic heterocycles. The summed E-state index contributed by atoms with van der Waals surface area (Å²) in [7, 11) is 3.50. The standard InChI is InChI=1S/C19H31N5O/c1-5-20-19(21-13-18(25)23(3)4)22-16-7-6-12-24(14-16)17-10-8-15(2)9-11-17/h8-11,16H,5-7,12-14H2,1-4H3,(H2,20,21,22). The van der Waals surface area contributed by atoms with Gasteiger partial charge in [-0.3, -0.25) is 4.79 Å². The van der Waals surface area contributed by atoms with Crippen molar-refractivity contribution < 1.29 is 4.79 Å². The van der Waals surface area contributed by atoms with E-state index in [0.717, 1.165) is 32.5 Å². The van der Waals surface area contributed by atoms with Crippen LogP contribution in [0, 0.1) is 6.92 Å². The number of amides is 1. The first-order valence-electron chi connectivity index (χ1n) is 9.06. The molecule has 2 rings (SSSR count). The second-order valence-electron chi connectivity index (χ2n) is 6.75. The number of carbonyl (C=O) groups is 1. The molecule has 0 bridgehead atoms. The molecule has 25 heavy (non-hydrogen) atoms. The number of piperidine rings is 1. The first-order chi connectivity index (χ1) is 12.0. The molecule has 6 nitrogen and oxygen atoms in total. The molecule has 1 saturated heterocycles. The number of rotatable bonds is 5. The highest BCUT2D eigenvalue weighted by Gasteiger charge is 2.21. The van der Waals surface area contributed by atoms with Crippen LogP contribution in [0.4, 0.5) is 5.69 Å². The molecular formula is C19H31N5O. The van der Waals surface area contributed by atoms with E-state index in [2.05, 4.69) is 51.7 Å². The molecule has 0 spiro atoms. The fourth-order valence-corrected chi connectivity index (χ4v) is 2.89. The molecule has 1 heterocycles. The van der Waals surface area contributed by atoms with Crippen molar-refractivity contribution in [1.29, 1.82) is 0 Å². The minimum Gasteiger partial charge on any atom is -0.369 e. The van der Waals surface area contributed by atoms with E-state index >= 15 is 0 Å². The van der Waals surface area contributed by atoms with E-state index in [1.165, 1.54) is 11.3 Å². The zero-order valence-corrected chi connectivity index (χ0v) is 15.9. The van der Waals surface area contributed by atoms with E-state index in [1.54, 1.807) is 19.0 Å². The van der Waals surface area contributed by atoms with Crippen molar-refractivity contribution in [2.24, 2.45) is 4.99 Å². The molecule has 0 saturated carbocycles. The second-order valence-corrected chi connectivity index (χ2v) is 6.75. The summed E-state index contributed by atoms with van der Waals surface area (Å²) in [5.74, 6) is 0.718. The third-order valence-electron chi connectivity index (χ3n) is 4.38. The summed E-state index contributed by atoms with van der Waals surface area (Å²) in [4.78, 5) is 20.2. The third-order valence-corrected chi connectivity index (χ3v) is 4.38. The number of likely N-dealkylation sites (N-methyl/N-ethyl adjacent to an activating group) is 1. The van der Waals surface area contributed by atoms with Gasteiger partial charge in [-0.25, -0.2) is 4.99 Å². The molecule has 2 N–H and O–H groups in total. The largest absolute Gasteiger partial charge is 0.369 e. The summed E-state index contributed by atoms with van der Waals surface area (Å²) in [6, 6.07) is 9.01. The molecule has 1 aliphatic rings. The monoisotopic (exact) mass is 345 g/mol. The van der Waals surface area contributed by atoms with Crippen LogP contribution < -0.4 is 15.5 Å². The van der Waals surface area contributed by atoms with Gasteiger partial charge in [-0.2, -0.15) is 0 Å². The lowest BCUT2D eigenvalue weighted by molar-refractivity contribution is -0.127. The number of aryl methyl sites for hydroxylation is 1. The van der Waals surface area contributed by atoms with Gasteiger partial charge in [0.2, 0.25) is 5.91 Å². The van der Waals surface area contributed by atoms with Crippen LogP contribution in [0.1, 0.15) is 25.3 Å². The summed E-state index contributed by atoms with van der Waals surface area (Å²) in [6.07, 6.45) is 2.25. The van der Waals surface area contributed by atoms with Gasteiger partial charge in [0.25, 0.3) is 0 Å². The van der Waals surface area contributed by atoms with Gasteiger partial charge in [-0.1, -0.05) is 17.7 Å². The highest BCUT2D eigenvalue weighted by molar-refractivity contribution is 5.85. The number of anilines is 1. The van der Waals surface area contributed by atoms with E-state index in [4.69, 9.17) is 0 Å². The van der Waals surface area contributed by atoms with Gasteiger partial charge in [0.05, 0.1) is 0 Å². The number of nitrogens with zero attached hydrogens (tertiary/aromatic N) is 3. The second kappa shape index (κ2) is 9.30. The van der Waals surface area contributed by atoms with Crippen molar-refractivity contribution in [2.75, 3.05) is 45.2 Å². The molecule has 1 aromatic carbocycles. The van der Waals surface area contributed by atoms with Gasteiger partial charge < -0.3 is 20.4 Å². The molecule has 6 heteroatoms. The molecule has 1 amide bonds. The Labute approximate surface area is 151 Å². The normalized spacial score (nSPS) is 18.0. The first kappa shape index (κ1) is 19.1. The Hall–Kier alpha value is -2.24. The van der Waals surface area contributed by atoms with Gasteiger partial charge in [-0.05, 0) is 38.8 Å². The van der Waals surface area contributed by atoms with Crippen LogP contribution in [-0.4, -0.2) is 63.1 Å². The molecule has 1 fully saturated rings. The Morgan fingerprint density at radius 2 is 2.04 bits per heavy atom. The zero-order chi connectivity index (χ0) is 18.2. The Kier molecular flexibility index (Phi) is 7.10. The van der Waals surface area contributed by atoms with Crippen LogP contribution in [0.2, 0.25) is 0 Å². The number of guanidine groups is 1. The number of nitrogens with one attached hydrogen (secondary N) is 2. The molecule has 0 radical (unpaired) electrons. The molecule has 1 unspecified atom stereocenters. The van der Waals surface area contributed by atoms with Crippen molar-refractivity contribution in [3.63, 3.8) is 0 Å². The number of hydrogen-bond acceptors (Lipinski definition) is 3.